The number of methoxy groups -OCH3 is 1. The Balaban J connectivity index is 2.00. The zero-order chi connectivity index (χ0) is 23.9. The number of hydrogen-bond acceptors (Lipinski definition) is 5. The number of aromatic hydroxyl groups is 1. The van der Waals surface area contributed by atoms with Gasteiger partial charge in [0.2, 0.25) is 0 Å². The van der Waals surface area contributed by atoms with Gasteiger partial charge in [-0.1, -0.05) is 29.8 Å². The van der Waals surface area contributed by atoms with Gasteiger partial charge in [0.1, 0.15) is 17.3 Å². The number of anilines is 1. The first-order valence-electron chi connectivity index (χ1n) is 10.2. The van der Waals surface area contributed by atoms with Crippen molar-refractivity contribution < 1.29 is 24.5 Å². The van der Waals surface area contributed by atoms with E-state index < -0.39 is 23.5 Å². The molecule has 0 saturated carbocycles. The van der Waals surface area contributed by atoms with Crippen LogP contribution in [-0.2, 0) is 9.59 Å². The first-order valence-corrected chi connectivity index (χ1v) is 10.6. The minimum absolute atomic E-state index is 0.0292. The lowest BCUT2D eigenvalue weighted by Crippen LogP contribution is -2.29. The van der Waals surface area contributed by atoms with E-state index in [1.807, 2.05) is 26.0 Å². The SMILES string of the molecule is COc1ccc(Cl)cc1/C(O)=C1\C(=O)C(=O)N(c2ccc(C)c(C)c2)C1c1cccc(O)c1. The normalized spacial score (nSPS) is 17.5. The third kappa shape index (κ3) is 3.94. The molecular formula is C26H22ClNO5. The van der Waals surface area contributed by atoms with Crippen LogP contribution in [0.5, 0.6) is 11.5 Å². The predicted molar refractivity (Wildman–Crippen MR) is 127 cm³/mol. The molecule has 6 nitrogen and oxygen atoms in total. The quantitative estimate of drug-likeness (QED) is 0.311. The number of ether oxygens (including phenoxy) is 1. The molecule has 1 fully saturated rings. The van der Waals surface area contributed by atoms with E-state index in [1.165, 1.54) is 30.2 Å². The standard InChI is InChI=1S/C26H22ClNO5/c1-14-7-9-18(11-15(14)2)28-23(16-5-4-6-19(29)12-16)22(25(31)26(28)32)24(30)20-13-17(27)8-10-21(20)33-3/h4-13,23,29-30H,1-3H3/b24-22+. The molecule has 4 rings (SSSR count). The van der Waals surface area contributed by atoms with Gasteiger partial charge in [0.05, 0.1) is 24.3 Å². The van der Waals surface area contributed by atoms with Crippen LogP contribution < -0.4 is 9.64 Å². The Labute approximate surface area is 196 Å². The summed E-state index contributed by atoms with van der Waals surface area (Å²) in [6.45, 7) is 3.86. The Morgan fingerprint density at radius 3 is 2.42 bits per heavy atom. The fraction of sp³-hybridized carbons (Fsp3) is 0.154. The van der Waals surface area contributed by atoms with Crippen molar-refractivity contribution in [2.45, 2.75) is 19.9 Å². The number of hydrogen-bond donors (Lipinski definition) is 2. The van der Waals surface area contributed by atoms with Crippen molar-refractivity contribution in [1.29, 1.82) is 0 Å². The molecule has 0 aliphatic carbocycles. The topological polar surface area (TPSA) is 87.1 Å². The number of amides is 1. The summed E-state index contributed by atoms with van der Waals surface area (Å²) in [5, 5.41) is 21.7. The van der Waals surface area contributed by atoms with Gasteiger partial charge >= 0.3 is 0 Å². The van der Waals surface area contributed by atoms with Crippen LogP contribution in [0, 0.1) is 13.8 Å². The number of aliphatic hydroxyl groups is 1. The smallest absolute Gasteiger partial charge is 0.300 e. The van der Waals surface area contributed by atoms with Crippen molar-refractivity contribution in [3.05, 3.63) is 93.5 Å². The second kappa shape index (κ2) is 8.64. The van der Waals surface area contributed by atoms with E-state index in [1.54, 1.807) is 30.3 Å². The number of carbonyl (C=O) groups is 2. The largest absolute Gasteiger partial charge is 0.508 e. The summed E-state index contributed by atoms with van der Waals surface area (Å²) >= 11 is 6.14. The molecule has 3 aromatic rings. The van der Waals surface area contributed by atoms with Crippen LogP contribution in [0.4, 0.5) is 5.69 Å². The molecule has 1 unspecified atom stereocenters. The van der Waals surface area contributed by atoms with Crippen molar-refractivity contribution in [2.75, 3.05) is 12.0 Å². The average Bonchev–Trinajstić information content (AvgIpc) is 3.06. The van der Waals surface area contributed by atoms with Crippen molar-refractivity contribution in [3.8, 4) is 11.5 Å². The number of benzene rings is 3. The van der Waals surface area contributed by atoms with Crippen LogP contribution in [0.25, 0.3) is 5.76 Å². The number of aryl methyl sites for hydroxylation is 2. The van der Waals surface area contributed by atoms with Gasteiger partial charge in [-0.2, -0.15) is 0 Å². The summed E-state index contributed by atoms with van der Waals surface area (Å²) in [5.74, 6) is -1.77. The number of halogens is 1. The molecule has 2 N–H and O–H groups in total. The molecule has 1 aliphatic rings. The van der Waals surface area contributed by atoms with E-state index in [2.05, 4.69) is 0 Å². The van der Waals surface area contributed by atoms with Crippen LogP contribution in [0.3, 0.4) is 0 Å². The minimum Gasteiger partial charge on any atom is -0.508 e. The van der Waals surface area contributed by atoms with E-state index in [4.69, 9.17) is 16.3 Å². The van der Waals surface area contributed by atoms with E-state index in [-0.39, 0.29) is 16.9 Å². The van der Waals surface area contributed by atoms with Gasteiger partial charge < -0.3 is 14.9 Å². The fourth-order valence-corrected chi connectivity index (χ4v) is 4.17. The summed E-state index contributed by atoms with van der Waals surface area (Å²) in [6.07, 6.45) is 0. The van der Waals surface area contributed by atoms with Crippen LogP contribution in [0.2, 0.25) is 5.02 Å². The predicted octanol–water partition coefficient (Wildman–Crippen LogP) is 5.30. The van der Waals surface area contributed by atoms with Crippen LogP contribution in [-0.4, -0.2) is 29.0 Å². The molecule has 33 heavy (non-hydrogen) atoms. The monoisotopic (exact) mass is 463 g/mol. The van der Waals surface area contributed by atoms with Crippen LogP contribution in [0.1, 0.15) is 28.3 Å². The average molecular weight is 464 g/mol. The van der Waals surface area contributed by atoms with Crippen molar-refractivity contribution in [2.24, 2.45) is 0 Å². The van der Waals surface area contributed by atoms with E-state index in [9.17, 15) is 19.8 Å². The van der Waals surface area contributed by atoms with Gasteiger partial charge in [-0.25, -0.2) is 0 Å². The molecule has 1 aliphatic heterocycles. The summed E-state index contributed by atoms with van der Waals surface area (Å²) < 4.78 is 5.34. The van der Waals surface area contributed by atoms with Gasteiger partial charge in [-0.3, -0.25) is 14.5 Å². The molecule has 1 heterocycles. The number of Topliss-reactive ketones (excluding diaryl/α,β-unsaturated/α-hetero) is 1. The maximum atomic E-state index is 13.3. The molecular weight excluding hydrogens is 442 g/mol. The first kappa shape index (κ1) is 22.4. The van der Waals surface area contributed by atoms with Gasteiger partial charge in [-0.15, -0.1) is 0 Å². The highest BCUT2D eigenvalue weighted by Crippen LogP contribution is 2.44. The van der Waals surface area contributed by atoms with Gasteiger partial charge in [-0.05, 0) is 73.0 Å². The highest BCUT2D eigenvalue weighted by Gasteiger charge is 2.47. The minimum atomic E-state index is -0.970. The van der Waals surface area contributed by atoms with E-state index in [0.717, 1.165) is 11.1 Å². The molecule has 3 aromatic carbocycles. The number of rotatable bonds is 4. The summed E-state index contributed by atoms with van der Waals surface area (Å²) in [5.41, 5.74) is 3.02. The summed E-state index contributed by atoms with van der Waals surface area (Å²) in [6, 6.07) is 15.4. The first-order chi connectivity index (χ1) is 15.7. The maximum Gasteiger partial charge on any atom is 0.300 e. The molecule has 1 amide bonds. The van der Waals surface area contributed by atoms with Gasteiger partial charge in [0.15, 0.2) is 0 Å². The van der Waals surface area contributed by atoms with Gasteiger partial charge in [0, 0.05) is 10.7 Å². The van der Waals surface area contributed by atoms with Crippen molar-refractivity contribution >= 4 is 34.7 Å². The molecule has 0 bridgehead atoms. The third-order valence-corrected chi connectivity index (χ3v) is 6.05. The lowest BCUT2D eigenvalue weighted by molar-refractivity contribution is -0.132. The Kier molecular flexibility index (Phi) is 5.87. The van der Waals surface area contributed by atoms with Crippen LogP contribution in [0.15, 0.2) is 66.2 Å². The second-order valence-corrected chi connectivity index (χ2v) is 8.31. The molecule has 1 saturated heterocycles. The Morgan fingerprint density at radius 2 is 1.76 bits per heavy atom. The van der Waals surface area contributed by atoms with E-state index >= 15 is 0 Å². The van der Waals surface area contributed by atoms with Crippen molar-refractivity contribution in [1.82, 2.24) is 0 Å². The third-order valence-electron chi connectivity index (χ3n) is 5.82. The Bertz CT molecular complexity index is 1310. The van der Waals surface area contributed by atoms with E-state index in [0.29, 0.717) is 22.0 Å². The lowest BCUT2D eigenvalue weighted by atomic mass is 9.94. The number of aliphatic hydroxyl groups excluding tert-OH is 1. The highest BCUT2D eigenvalue weighted by molar-refractivity contribution is 6.51. The zero-order valence-electron chi connectivity index (χ0n) is 18.3. The summed E-state index contributed by atoms with van der Waals surface area (Å²) in [7, 11) is 1.43. The number of carbonyl (C=O) groups excluding carboxylic acids is 2. The molecule has 0 spiro atoms. The highest BCUT2D eigenvalue weighted by atomic mass is 35.5. The maximum absolute atomic E-state index is 13.3. The number of phenols is 1. The molecule has 7 heteroatoms. The van der Waals surface area contributed by atoms with Crippen LogP contribution >= 0.6 is 11.6 Å². The van der Waals surface area contributed by atoms with Crippen molar-refractivity contribution in [3.63, 3.8) is 0 Å². The Morgan fingerprint density at radius 1 is 1.00 bits per heavy atom. The lowest BCUT2D eigenvalue weighted by Gasteiger charge is -2.26. The number of ketones is 1. The molecule has 0 aromatic heterocycles. The summed E-state index contributed by atoms with van der Waals surface area (Å²) in [4.78, 5) is 27.9. The zero-order valence-corrected chi connectivity index (χ0v) is 19.1. The fourth-order valence-electron chi connectivity index (χ4n) is 3.99. The number of phenolic OH excluding ortho intramolecular Hbond substituents is 1. The molecule has 0 radical (unpaired) electrons. The Hall–Kier alpha value is -3.77. The van der Waals surface area contributed by atoms with Gasteiger partial charge in [0.25, 0.3) is 11.7 Å². The molecule has 1 atom stereocenters. The second-order valence-electron chi connectivity index (χ2n) is 7.88. The number of nitrogens with zero attached hydrogens (tertiary/aromatic N) is 1. The molecule has 168 valence electrons.